The summed E-state index contributed by atoms with van der Waals surface area (Å²) in [6.45, 7) is 5.73. The average molecular weight is 1290 g/mol. The van der Waals surface area contributed by atoms with Gasteiger partial charge < -0.3 is 52.8 Å². The second-order valence-electron chi connectivity index (χ2n) is 20.8. The number of thiazole rings is 6. The molecule has 0 radical (unpaired) electrons. The number of pyridine rings is 1. The van der Waals surface area contributed by atoms with Gasteiger partial charge in [-0.05, 0) is 56.2 Å². The number of amides is 7. The lowest BCUT2D eigenvalue weighted by atomic mass is 9.81. The summed E-state index contributed by atoms with van der Waals surface area (Å²) in [6, 6.07) is 9.56. The molecule has 87 heavy (non-hydrogen) atoms. The third-order valence-corrected chi connectivity index (χ3v) is 20.1. The van der Waals surface area contributed by atoms with E-state index in [4.69, 9.17) is 45.4 Å². The SMILES string of the molecule is CNC(=O)C[C@@H]1NC(=O)c2csc(n2)-c2ccc(-c3nc(NC(=O)C4CCC(C(=O)NCCN)CC4)cs3)nc2-c2csc(n2)-c2csc(n2)[C@H]([C@@H](O)c2ccccc2)NC(=O)CNC(=O)c2nc(sc2COC)C(C(C)C)NC(=O)c2nc1sc2C. The average Bonchev–Trinajstić information content (AvgIpc) is 2.59. The summed E-state index contributed by atoms with van der Waals surface area (Å²) in [6.07, 6.45) is 0.775. The van der Waals surface area contributed by atoms with E-state index in [-0.39, 0.29) is 59.7 Å². The Kier molecular flexibility index (Phi) is 20.1. The number of aromatic nitrogens is 7. The highest BCUT2D eigenvalue weighted by Gasteiger charge is 2.34. The molecule has 2 aliphatic rings. The molecule has 1 saturated carbocycles. The van der Waals surface area contributed by atoms with Gasteiger partial charge in [0.15, 0.2) is 0 Å². The lowest BCUT2D eigenvalue weighted by molar-refractivity contribution is -0.128. The van der Waals surface area contributed by atoms with E-state index in [1.165, 1.54) is 70.8 Å². The molecule has 30 heteroatoms. The number of aryl methyl sites for hydroxylation is 1. The van der Waals surface area contributed by atoms with Crippen molar-refractivity contribution in [1.82, 2.24) is 66.8 Å². The van der Waals surface area contributed by atoms with Gasteiger partial charge in [0.25, 0.3) is 17.7 Å². The molecule has 24 nitrogen and oxygen atoms in total. The first-order valence-corrected chi connectivity index (χ1v) is 32.9. The Labute approximate surface area is 523 Å². The van der Waals surface area contributed by atoms with Crippen LogP contribution in [0.4, 0.5) is 5.82 Å². The van der Waals surface area contributed by atoms with Crippen molar-refractivity contribution >= 4 is 115 Å². The number of methoxy groups -OCH3 is 1. The minimum absolute atomic E-state index is 0.000817. The Balaban J connectivity index is 1.01. The fourth-order valence-electron chi connectivity index (χ4n) is 9.83. The molecule has 1 aliphatic heterocycles. The number of hydrogen-bond donors (Lipinski definition) is 9. The van der Waals surface area contributed by atoms with Gasteiger partial charge in [0.2, 0.25) is 23.6 Å². The summed E-state index contributed by atoms with van der Waals surface area (Å²) in [4.78, 5) is 131. The zero-order valence-corrected chi connectivity index (χ0v) is 52.5. The van der Waals surface area contributed by atoms with E-state index < -0.39 is 60.3 Å². The fraction of sp³-hybridized carbons (Fsp3) is 0.368. The molecule has 10 N–H and O–H groups in total. The Hall–Kier alpha value is -7.68. The molecule has 1 unspecified atom stereocenters. The minimum atomic E-state index is -1.28. The molecule has 454 valence electrons. The van der Waals surface area contributed by atoms with E-state index in [1.54, 1.807) is 70.9 Å². The van der Waals surface area contributed by atoms with Crippen LogP contribution < -0.4 is 43.0 Å². The van der Waals surface area contributed by atoms with Crippen molar-refractivity contribution in [2.45, 2.75) is 83.7 Å². The molecular formula is C57H61N15O9S6. The Morgan fingerprint density at radius 2 is 1.38 bits per heavy atom. The number of benzene rings is 1. The van der Waals surface area contributed by atoms with Crippen LogP contribution in [0.15, 0.2) is 64.0 Å². The second kappa shape index (κ2) is 28.0. The number of ether oxygens (including phenoxy) is 1. The Morgan fingerprint density at radius 3 is 2.11 bits per heavy atom. The first-order valence-electron chi connectivity index (χ1n) is 27.7. The zero-order chi connectivity index (χ0) is 61.5. The van der Waals surface area contributed by atoms with Gasteiger partial charge in [0.05, 0.1) is 42.2 Å². The van der Waals surface area contributed by atoms with Crippen LogP contribution >= 0.6 is 68.0 Å². The van der Waals surface area contributed by atoms with Crippen molar-refractivity contribution in [3.05, 3.63) is 111 Å². The van der Waals surface area contributed by atoms with Gasteiger partial charge in [0.1, 0.15) is 82.2 Å². The van der Waals surface area contributed by atoms with Crippen LogP contribution in [0.5, 0.6) is 0 Å². The highest BCUT2D eigenvalue weighted by atomic mass is 32.1. The molecule has 10 bridgehead atoms. The Bertz CT molecular complexity index is 3830. The lowest BCUT2D eigenvalue weighted by Gasteiger charge is -2.26. The van der Waals surface area contributed by atoms with Crippen molar-refractivity contribution in [2.24, 2.45) is 23.5 Å². The number of aliphatic hydroxyl groups is 1. The number of nitrogens with two attached hydrogens (primary N) is 1. The minimum Gasteiger partial charge on any atom is -0.386 e. The highest BCUT2D eigenvalue weighted by molar-refractivity contribution is 7.15. The molecule has 8 aromatic rings. The van der Waals surface area contributed by atoms with Gasteiger partial charge >= 0.3 is 0 Å². The van der Waals surface area contributed by atoms with Crippen molar-refractivity contribution in [2.75, 3.05) is 39.1 Å². The molecule has 1 aromatic carbocycles. The monoisotopic (exact) mass is 1290 g/mol. The molecule has 4 atom stereocenters. The number of nitrogens with one attached hydrogen (secondary N) is 7. The normalized spacial score (nSPS) is 18.8. The summed E-state index contributed by atoms with van der Waals surface area (Å²) in [5.41, 5.74) is 8.35. The molecule has 8 heterocycles. The second-order valence-corrected chi connectivity index (χ2v) is 26.6. The third-order valence-electron chi connectivity index (χ3n) is 14.4. The quantitative estimate of drug-likeness (QED) is 0.0554. The van der Waals surface area contributed by atoms with E-state index >= 15 is 0 Å². The summed E-state index contributed by atoms with van der Waals surface area (Å²) < 4.78 is 5.46. The molecule has 0 spiro atoms. The predicted octanol–water partition coefficient (Wildman–Crippen LogP) is 7.13. The van der Waals surface area contributed by atoms with Crippen LogP contribution in [0.3, 0.4) is 0 Å². The van der Waals surface area contributed by atoms with Crippen LogP contribution in [0.2, 0.25) is 0 Å². The number of carbonyl (C=O) groups is 7. The van der Waals surface area contributed by atoms with E-state index in [9.17, 15) is 38.7 Å². The van der Waals surface area contributed by atoms with E-state index in [1.807, 2.05) is 13.8 Å². The van der Waals surface area contributed by atoms with Crippen LogP contribution in [0, 0.1) is 24.7 Å². The summed E-state index contributed by atoms with van der Waals surface area (Å²) in [5, 5.41) is 41.2. The summed E-state index contributed by atoms with van der Waals surface area (Å²) >= 11 is 7.24. The molecule has 7 aromatic heterocycles. The van der Waals surface area contributed by atoms with Crippen molar-refractivity contribution < 1.29 is 43.4 Å². The maximum absolute atomic E-state index is 14.3. The van der Waals surface area contributed by atoms with Crippen molar-refractivity contribution in [3.63, 3.8) is 0 Å². The van der Waals surface area contributed by atoms with Crippen LogP contribution in [-0.2, 0) is 30.5 Å². The number of fused-ring (bicyclic) bond motifs is 14. The van der Waals surface area contributed by atoms with E-state index in [0.29, 0.717) is 118 Å². The number of nitrogens with zero attached hydrogens (tertiary/aromatic N) is 7. The topological polar surface area (TPSA) is 349 Å². The fourth-order valence-corrected chi connectivity index (χ4v) is 15.3. The number of hydrogen-bond acceptors (Lipinski definition) is 23. The van der Waals surface area contributed by atoms with Gasteiger partial charge in [-0.25, -0.2) is 34.9 Å². The summed E-state index contributed by atoms with van der Waals surface area (Å²) in [5.74, 6) is -3.47. The molecule has 0 saturated heterocycles. The maximum Gasteiger partial charge on any atom is 0.271 e. The number of carbonyl (C=O) groups excluding carboxylic acids is 7. The predicted molar refractivity (Wildman–Crippen MR) is 333 cm³/mol. The maximum atomic E-state index is 14.3. The standard InChI is InChI=1S/C57H61N15O9S6/c1-26(2)41-57-72-44(37(87-57)21-81-5)50(79)61-20-40(74)69-45(46(75)28-9-7-6-8-10-28)56-66-36(24-84-56)54-64-34(22-83-54)43-31(52-65-35(23-82-52)49(78)63-33(19-39(73)59-4)55-71-42(27(3)86-55)51(80)70-41)15-16-32(62-43)53-68-38(25-85-53)67-48(77)30-13-11-29(12-14-30)47(76)60-18-17-58/h6-10,15-16,22-26,29-30,33,41,45-46,75H,11-14,17-21,58H2,1-5H3,(H,59,73)(H,60,76)(H,61,79)(H,63,78)(H,67,77)(H,69,74)(H,70,80)/t29?,30?,33-,41?,45-,46-/m0/s1. The van der Waals surface area contributed by atoms with Crippen LogP contribution in [-0.4, -0.2) is 115 Å². The van der Waals surface area contributed by atoms with Crippen molar-refractivity contribution in [1.29, 1.82) is 0 Å². The molecule has 10 rings (SSSR count). The van der Waals surface area contributed by atoms with Gasteiger partial charge in [-0.3, -0.25) is 33.6 Å². The lowest BCUT2D eigenvalue weighted by Crippen LogP contribution is -2.40. The molecule has 1 fully saturated rings. The Morgan fingerprint density at radius 1 is 0.690 bits per heavy atom. The number of aliphatic hydroxyl groups excluding tert-OH is 1. The summed E-state index contributed by atoms with van der Waals surface area (Å²) in [7, 11) is 2.95. The third kappa shape index (κ3) is 14.5. The largest absolute Gasteiger partial charge is 0.386 e. The smallest absolute Gasteiger partial charge is 0.271 e. The van der Waals surface area contributed by atoms with Gasteiger partial charge in [0, 0.05) is 71.0 Å². The first kappa shape index (κ1) is 62.4. The van der Waals surface area contributed by atoms with Gasteiger partial charge in [-0.1, -0.05) is 44.2 Å². The zero-order valence-electron chi connectivity index (χ0n) is 47.6. The highest BCUT2D eigenvalue weighted by Crippen LogP contribution is 2.40. The number of rotatable bonds is 13. The van der Waals surface area contributed by atoms with Crippen LogP contribution in [0.25, 0.3) is 43.4 Å². The van der Waals surface area contributed by atoms with Crippen LogP contribution in [0.1, 0.15) is 132 Å². The number of anilines is 1. The van der Waals surface area contributed by atoms with Crippen molar-refractivity contribution in [3.8, 4) is 43.4 Å². The molecule has 1 aliphatic carbocycles. The molecule has 7 amide bonds. The van der Waals surface area contributed by atoms with Gasteiger partial charge in [-0.2, -0.15) is 0 Å². The first-order chi connectivity index (χ1) is 42.0. The van der Waals surface area contributed by atoms with Gasteiger partial charge in [-0.15, -0.1) is 68.0 Å². The van der Waals surface area contributed by atoms with E-state index in [2.05, 4.69) is 37.2 Å². The molecular weight excluding hydrogens is 1230 g/mol. The van der Waals surface area contributed by atoms with E-state index in [0.717, 1.165) is 11.3 Å².